The molecule has 1 saturated heterocycles. The van der Waals surface area contributed by atoms with E-state index in [1.54, 1.807) is 18.2 Å². The van der Waals surface area contributed by atoms with Gasteiger partial charge in [-0.1, -0.05) is 59.8 Å². The number of nitrogens with zero attached hydrogens (tertiary/aromatic N) is 4. The highest BCUT2D eigenvalue weighted by atomic mass is 32.2. The van der Waals surface area contributed by atoms with Crippen LogP contribution in [0.15, 0.2) is 82.8 Å². The molecule has 1 fully saturated rings. The Kier molecular flexibility index (Phi) is 7.64. The highest BCUT2D eigenvalue weighted by Crippen LogP contribution is 2.30. The van der Waals surface area contributed by atoms with Gasteiger partial charge in [-0.05, 0) is 62.6 Å². The number of nitrogens with one attached hydrogen (secondary N) is 1. The molecule has 10 heteroatoms. The fourth-order valence-electron chi connectivity index (χ4n) is 4.50. The second-order valence-electron chi connectivity index (χ2n) is 9.27. The number of thioether (sulfide) groups is 1. The summed E-state index contributed by atoms with van der Waals surface area (Å²) in [6.07, 6.45) is 1.75. The van der Waals surface area contributed by atoms with Crippen molar-refractivity contribution in [3.8, 4) is 17.1 Å². The molecule has 0 aliphatic carbocycles. The molecule has 2 heterocycles. The molecule has 3 aromatic carbocycles. The van der Waals surface area contributed by atoms with Crippen LogP contribution in [0, 0.1) is 13.8 Å². The van der Waals surface area contributed by atoms with Gasteiger partial charge in [0.15, 0.2) is 11.0 Å². The van der Waals surface area contributed by atoms with Gasteiger partial charge in [0.05, 0.1) is 10.6 Å². The second kappa shape index (κ2) is 11.1. The van der Waals surface area contributed by atoms with E-state index in [0.29, 0.717) is 29.6 Å². The Hall–Kier alpha value is -3.47. The minimum absolute atomic E-state index is 0.141. The van der Waals surface area contributed by atoms with Crippen molar-refractivity contribution < 1.29 is 13.2 Å². The van der Waals surface area contributed by atoms with E-state index in [-0.39, 0.29) is 16.6 Å². The molecule has 4 aromatic rings. The van der Waals surface area contributed by atoms with Crippen LogP contribution in [0.2, 0.25) is 0 Å². The summed E-state index contributed by atoms with van der Waals surface area (Å²) in [5.41, 5.74) is 4.37. The van der Waals surface area contributed by atoms with Gasteiger partial charge in [0.1, 0.15) is 0 Å². The number of para-hydroxylation sites is 1. The van der Waals surface area contributed by atoms with Crippen LogP contribution >= 0.6 is 11.8 Å². The lowest BCUT2D eigenvalue weighted by atomic mass is 10.1. The van der Waals surface area contributed by atoms with Gasteiger partial charge in [0.2, 0.25) is 15.9 Å². The molecule has 5 rings (SSSR count). The molecule has 1 amide bonds. The maximum atomic E-state index is 13.2. The number of anilines is 1. The highest BCUT2D eigenvalue weighted by molar-refractivity contribution is 7.99. The van der Waals surface area contributed by atoms with Gasteiger partial charge >= 0.3 is 0 Å². The lowest BCUT2D eigenvalue weighted by Gasteiger charge is -2.16. The zero-order valence-electron chi connectivity index (χ0n) is 21.3. The van der Waals surface area contributed by atoms with E-state index in [9.17, 15) is 13.2 Å². The van der Waals surface area contributed by atoms with Crippen LogP contribution < -0.4 is 5.32 Å². The van der Waals surface area contributed by atoms with Crippen LogP contribution in [0.3, 0.4) is 0 Å². The summed E-state index contributed by atoms with van der Waals surface area (Å²) in [4.78, 5) is 13.0. The van der Waals surface area contributed by atoms with Crippen molar-refractivity contribution in [2.75, 3.05) is 24.2 Å². The first-order valence-electron chi connectivity index (χ1n) is 12.4. The Morgan fingerprint density at radius 3 is 2.45 bits per heavy atom. The van der Waals surface area contributed by atoms with Gasteiger partial charge in [0, 0.05) is 30.0 Å². The molecule has 0 saturated carbocycles. The van der Waals surface area contributed by atoms with Gasteiger partial charge in [-0.2, -0.15) is 4.31 Å². The highest BCUT2D eigenvalue weighted by Gasteiger charge is 2.28. The van der Waals surface area contributed by atoms with Crippen LogP contribution in [0.1, 0.15) is 24.0 Å². The summed E-state index contributed by atoms with van der Waals surface area (Å²) in [6, 6.07) is 22.3. The monoisotopic (exact) mass is 547 g/mol. The summed E-state index contributed by atoms with van der Waals surface area (Å²) < 4.78 is 29.8. The Morgan fingerprint density at radius 2 is 1.71 bits per heavy atom. The first kappa shape index (κ1) is 26.1. The van der Waals surface area contributed by atoms with E-state index in [2.05, 4.69) is 15.5 Å². The molecule has 0 radical (unpaired) electrons. The third kappa shape index (κ3) is 5.52. The minimum atomic E-state index is -3.58. The molecule has 0 atom stereocenters. The normalized spacial score (nSPS) is 14.1. The fraction of sp³-hybridized carbons (Fsp3) is 0.250. The molecular formula is C28H29N5O3S2. The first-order valence-corrected chi connectivity index (χ1v) is 14.9. The molecule has 1 aliphatic heterocycles. The number of aromatic nitrogens is 3. The summed E-state index contributed by atoms with van der Waals surface area (Å²) in [7, 11) is -3.58. The van der Waals surface area contributed by atoms with Crippen LogP contribution in [-0.4, -0.2) is 52.2 Å². The topological polar surface area (TPSA) is 97.2 Å². The standard InChI is InChI=1S/C28H29N5O3S2/c1-20-13-14-25(21(2)17-20)29-26(34)19-37-28-31-30-27(33(28)23-10-4-3-5-11-23)22-9-8-12-24(18-22)38(35,36)32-15-6-7-16-32/h3-5,8-14,17-18H,6-7,15-16,19H2,1-2H3,(H,29,34). The van der Waals surface area contributed by atoms with Gasteiger partial charge in [-0.3, -0.25) is 9.36 Å². The van der Waals surface area contributed by atoms with Crippen LogP contribution in [0.4, 0.5) is 5.69 Å². The predicted molar refractivity (Wildman–Crippen MR) is 150 cm³/mol. The van der Waals surface area contributed by atoms with E-state index in [0.717, 1.165) is 35.3 Å². The Morgan fingerprint density at radius 1 is 0.947 bits per heavy atom. The number of rotatable bonds is 8. The van der Waals surface area contributed by atoms with Crippen molar-refractivity contribution in [3.05, 3.63) is 83.9 Å². The summed E-state index contributed by atoms with van der Waals surface area (Å²) >= 11 is 1.27. The number of hydrogen-bond donors (Lipinski definition) is 1. The number of hydrogen-bond acceptors (Lipinski definition) is 6. The first-order chi connectivity index (χ1) is 18.3. The van der Waals surface area contributed by atoms with Gasteiger partial charge < -0.3 is 5.32 Å². The molecule has 0 spiro atoms. The molecule has 1 aromatic heterocycles. The van der Waals surface area contributed by atoms with Crippen molar-refractivity contribution in [2.24, 2.45) is 0 Å². The molecule has 1 N–H and O–H groups in total. The maximum absolute atomic E-state index is 13.2. The number of amides is 1. The van der Waals surface area contributed by atoms with E-state index >= 15 is 0 Å². The smallest absolute Gasteiger partial charge is 0.243 e. The maximum Gasteiger partial charge on any atom is 0.243 e. The largest absolute Gasteiger partial charge is 0.325 e. The van der Waals surface area contributed by atoms with Crippen molar-refractivity contribution >= 4 is 33.4 Å². The van der Waals surface area contributed by atoms with E-state index < -0.39 is 10.0 Å². The molecule has 196 valence electrons. The van der Waals surface area contributed by atoms with Gasteiger partial charge in [-0.15, -0.1) is 10.2 Å². The third-order valence-corrected chi connectivity index (χ3v) is 9.25. The van der Waals surface area contributed by atoms with E-state index in [4.69, 9.17) is 0 Å². The second-order valence-corrected chi connectivity index (χ2v) is 12.2. The van der Waals surface area contributed by atoms with Crippen molar-refractivity contribution in [2.45, 2.75) is 36.7 Å². The zero-order valence-corrected chi connectivity index (χ0v) is 22.9. The Balaban J connectivity index is 1.44. The lowest BCUT2D eigenvalue weighted by Crippen LogP contribution is -2.27. The minimum Gasteiger partial charge on any atom is -0.325 e. The van der Waals surface area contributed by atoms with Gasteiger partial charge in [-0.25, -0.2) is 8.42 Å². The lowest BCUT2D eigenvalue weighted by molar-refractivity contribution is -0.113. The third-order valence-electron chi connectivity index (χ3n) is 6.43. The van der Waals surface area contributed by atoms with Crippen LogP contribution in [0.5, 0.6) is 0 Å². The Labute approximate surface area is 227 Å². The molecule has 1 aliphatic rings. The quantitative estimate of drug-likeness (QED) is 0.310. The molecule has 0 bridgehead atoms. The number of carbonyl (C=O) groups is 1. The Bertz CT molecular complexity index is 1560. The molecular weight excluding hydrogens is 518 g/mol. The summed E-state index contributed by atoms with van der Waals surface area (Å²) in [6.45, 7) is 5.06. The van der Waals surface area contributed by atoms with Gasteiger partial charge in [0.25, 0.3) is 0 Å². The van der Waals surface area contributed by atoms with Crippen LogP contribution in [0.25, 0.3) is 17.1 Å². The summed E-state index contributed by atoms with van der Waals surface area (Å²) in [5.74, 6) is 0.499. The van der Waals surface area contributed by atoms with E-state index in [1.165, 1.54) is 16.1 Å². The van der Waals surface area contributed by atoms with Crippen molar-refractivity contribution in [1.82, 2.24) is 19.1 Å². The van der Waals surface area contributed by atoms with Crippen molar-refractivity contribution in [1.29, 1.82) is 0 Å². The number of benzene rings is 3. The predicted octanol–water partition coefficient (Wildman–Crippen LogP) is 5.07. The number of sulfonamides is 1. The number of aryl methyl sites for hydroxylation is 2. The SMILES string of the molecule is Cc1ccc(NC(=O)CSc2nnc(-c3cccc(S(=O)(=O)N4CCCC4)c3)n2-c2ccccc2)c(C)c1. The molecule has 8 nitrogen and oxygen atoms in total. The fourth-order valence-corrected chi connectivity index (χ4v) is 6.82. The van der Waals surface area contributed by atoms with E-state index in [1.807, 2.05) is 73.0 Å². The average Bonchev–Trinajstić information content (AvgIpc) is 3.61. The van der Waals surface area contributed by atoms with Crippen LogP contribution in [-0.2, 0) is 14.8 Å². The summed E-state index contributed by atoms with van der Waals surface area (Å²) in [5, 5.41) is 12.3. The molecule has 38 heavy (non-hydrogen) atoms. The van der Waals surface area contributed by atoms with Crippen molar-refractivity contribution in [3.63, 3.8) is 0 Å². The zero-order chi connectivity index (χ0) is 26.7. The number of carbonyl (C=O) groups excluding carboxylic acids is 1. The average molecular weight is 548 g/mol. The molecule has 0 unspecified atom stereocenters.